The molecule has 8 heteroatoms. The van der Waals surface area contributed by atoms with E-state index in [0.717, 1.165) is 16.9 Å². The number of methoxy groups -OCH3 is 1. The lowest BCUT2D eigenvalue weighted by molar-refractivity contribution is 0.134. The summed E-state index contributed by atoms with van der Waals surface area (Å²) < 4.78 is 34.0. The Balaban J connectivity index is 1.73. The Morgan fingerprint density at radius 2 is 1.85 bits per heavy atom. The van der Waals surface area contributed by atoms with Crippen LogP contribution in [0.1, 0.15) is 35.7 Å². The minimum absolute atomic E-state index is 0.228. The maximum Gasteiger partial charge on any atom is 0.323 e. The molecule has 1 aliphatic heterocycles. The van der Waals surface area contributed by atoms with Gasteiger partial charge in [0.05, 0.1) is 18.0 Å². The minimum Gasteiger partial charge on any atom is -0.384 e. The van der Waals surface area contributed by atoms with Crippen molar-refractivity contribution in [2.75, 3.05) is 26.8 Å². The first-order chi connectivity index (χ1) is 12.8. The quantitative estimate of drug-likeness (QED) is 0.730. The summed E-state index contributed by atoms with van der Waals surface area (Å²) in [5, 5.41) is 4.86. The highest BCUT2D eigenvalue weighted by atomic mass is 35.5. The van der Waals surface area contributed by atoms with E-state index in [0.29, 0.717) is 42.0 Å². The molecule has 0 spiro atoms. The Hall–Kier alpha value is -1.41. The molecule has 1 fully saturated rings. The van der Waals surface area contributed by atoms with Gasteiger partial charge in [-0.25, -0.2) is 0 Å². The number of nitrogens with zero attached hydrogens (tertiary/aromatic N) is 3. The summed E-state index contributed by atoms with van der Waals surface area (Å²) in [4.78, 5) is 0. The van der Waals surface area contributed by atoms with E-state index < -0.39 is 10.2 Å². The fourth-order valence-corrected chi connectivity index (χ4v) is 5.52. The van der Waals surface area contributed by atoms with Crippen LogP contribution in [0.25, 0.3) is 0 Å². The molecule has 1 aliphatic rings. The van der Waals surface area contributed by atoms with Crippen molar-refractivity contribution >= 4 is 21.8 Å². The summed E-state index contributed by atoms with van der Waals surface area (Å²) in [6, 6.07) is 9.62. The predicted molar refractivity (Wildman–Crippen MR) is 106 cm³/mol. The van der Waals surface area contributed by atoms with Gasteiger partial charge < -0.3 is 4.74 Å². The summed E-state index contributed by atoms with van der Waals surface area (Å²) in [6.45, 7) is 5.14. The SMILES string of the molecule is COCC(c1ccc(Cl)cc1)C1CCN(S(=O)(=O)n2nc(C)cc2C)CC1. The molecule has 1 saturated heterocycles. The number of rotatable bonds is 6. The molecule has 0 radical (unpaired) electrons. The first-order valence-electron chi connectivity index (χ1n) is 9.11. The van der Waals surface area contributed by atoms with Crippen LogP contribution in [0.3, 0.4) is 0 Å². The number of halogens is 1. The van der Waals surface area contributed by atoms with Crippen molar-refractivity contribution in [3.63, 3.8) is 0 Å². The molecule has 6 nitrogen and oxygen atoms in total. The standard InChI is InChI=1S/C19H26ClN3O3S/c1-14-12-15(2)23(21-14)27(24,25)22-10-8-17(9-11-22)19(13-26-3)16-4-6-18(20)7-5-16/h4-7,12,17,19H,8-11,13H2,1-3H3. The molecule has 1 aromatic carbocycles. The van der Waals surface area contributed by atoms with Gasteiger partial charge in [-0.15, -0.1) is 4.09 Å². The third kappa shape index (κ3) is 4.37. The lowest BCUT2D eigenvalue weighted by Crippen LogP contribution is -2.43. The molecule has 27 heavy (non-hydrogen) atoms. The van der Waals surface area contributed by atoms with E-state index in [4.69, 9.17) is 16.3 Å². The van der Waals surface area contributed by atoms with Gasteiger partial charge in [0.25, 0.3) is 0 Å². The summed E-state index contributed by atoms with van der Waals surface area (Å²) in [6.07, 6.45) is 1.57. The molecule has 0 saturated carbocycles. The summed E-state index contributed by atoms with van der Waals surface area (Å²) in [5.41, 5.74) is 2.52. The van der Waals surface area contributed by atoms with Crippen molar-refractivity contribution in [2.24, 2.45) is 5.92 Å². The maximum atomic E-state index is 12.9. The molecule has 148 valence electrons. The number of piperidine rings is 1. The molecule has 1 atom stereocenters. The number of ether oxygens (including phenoxy) is 1. The van der Waals surface area contributed by atoms with Gasteiger partial charge in [-0.2, -0.15) is 17.8 Å². The highest BCUT2D eigenvalue weighted by Gasteiger charge is 2.34. The zero-order chi connectivity index (χ0) is 19.6. The van der Waals surface area contributed by atoms with Crippen molar-refractivity contribution < 1.29 is 13.2 Å². The van der Waals surface area contributed by atoms with Crippen LogP contribution >= 0.6 is 11.6 Å². The molecule has 0 N–H and O–H groups in total. The normalized spacial score (nSPS) is 17.9. The summed E-state index contributed by atoms with van der Waals surface area (Å²) >= 11 is 6.01. The molecule has 0 bridgehead atoms. The van der Waals surface area contributed by atoms with E-state index in [1.165, 1.54) is 9.87 Å². The second-order valence-corrected chi connectivity index (χ2v) is 9.32. The van der Waals surface area contributed by atoms with Gasteiger partial charge in [0.2, 0.25) is 0 Å². The Morgan fingerprint density at radius 1 is 1.22 bits per heavy atom. The van der Waals surface area contributed by atoms with Crippen LogP contribution in [0.5, 0.6) is 0 Å². The number of hydrogen-bond donors (Lipinski definition) is 0. The fraction of sp³-hybridized carbons (Fsp3) is 0.526. The first-order valence-corrected chi connectivity index (χ1v) is 10.9. The van der Waals surface area contributed by atoms with Crippen molar-refractivity contribution in [3.8, 4) is 0 Å². The van der Waals surface area contributed by atoms with Crippen LogP contribution in [0.2, 0.25) is 5.02 Å². The van der Waals surface area contributed by atoms with E-state index in [2.05, 4.69) is 5.10 Å². The fourth-order valence-electron chi connectivity index (χ4n) is 3.85. The molecular formula is C19H26ClN3O3S. The van der Waals surface area contributed by atoms with Crippen molar-refractivity contribution in [3.05, 3.63) is 52.3 Å². The van der Waals surface area contributed by atoms with Gasteiger partial charge in [-0.1, -0.05) is 23.7 Å². The highest BCUT2D eigenvalue weighted by Crippen LogP contribution is 2.34. The number of aryl methyl sites for hydroxylation is 2. The van der Waals surface area contributed by atoms with E-state index >= 15 is 0 Å². The zero-order valence-electron chi connectivity index (χ0n) is 15.9. The van der Waals surface area contributed by atoms with Crippen LogP contribution < -0.4 is 0 Å². The Labute approximate surface area is 166 Å². The van der Waals surface area contributed by atoms with Crippen LogP contribution in [0.15, 0.2) is 30.3 Å². The van der Waals surface area contributed by atoms with Gasteiger partial charge in [0.1, 0.15) is 0 Å². The van der Waals surface area contributed by atoms with E-state index in [-0.39, 0.29) is 5.92 Å². The lowest BCUT2D eigenvalue weighted by Gasteiger charge is -2.35. The molecular weight excluding hydrogens is 386 g/mol. The predicted octanol–water partition coefficient (Wildman–Crippen LogP) is 3.39. The molecule has 0 amide bonds. The van der Waals surface area contributed by atoms with Crippen LogP contribution in [-0.4, -0.2) is 48.7 Å². The van der Waals surface area contributed by atoms with E-state index in [1.807, 2.05) is 24.3 Å². The van der Waals surface area contributed by atoms with E-state index in [1.54, 1.807) is 27.0 Å². The molecule has 1 unspecified atom stereocenters. The molecule has 2 aromatic rings. The Kier molecular flexibility index (Phi) is 6.25. The third-order valence-corrected chi connectivity index (χ3v) is 7.30. The van der Waals surface area contributed by atoms with Crippen LogP contribution in [0.4, 0.5) is 0 Å². The summed E-state index contributed by atoms with van der Waals surface area (Å²) in [7, 11) is -1.91. The van der Waals surface area contributed by atoms with Crippen molar-refractivity contribution in [1.82, 2.24) is 13.5 Å². The van der Waals surface area contributed by atoms with Crippen molar-refractivity contribution in [1.29, 1.82) is 0 Å². The number of hydrogen-bond acceptors (Lipinski definition) is 4. The monoisotopic (exact) mass is 411 g/mol. The average Bonchev–Trinajstić information content (AvgIpc) is 3.00. The Bertz CT molecular complexity index is 872. The van der Waals surface area contributed by atoms with Gasteiger partial charge in [-0.3, -0.25) is 0 Å². The van der Waals surface area contributed by atoms with Gasteiger partial charge in [0, 0.05) is 31.1 Å². The second kappa shape index (κ2) is 8.31. The maximum absolute atomic E-state index is 12.9. The summed E-state index contributed by atoms with van der Waals surface area (Å²) in [5.74, 6) is 0.587. The number of aromatic nitrogens is 2. The lowest BCUT2D eigenvalue weighted by atomic mass is 9.81. The van der Waals surface area contributed by atoms with Gasteiger partial charge in [-0.05, 0) is 56.4 Å². The van der Waals surface area contributed by atoms with E-state index in [9.17, 15) is 8.42 Å². The average molecular weight is 412 g/mol. The molecule has 2 heterocycles. The third-order valence-electron chi connectivity index (χ3n) is 5.22. The number of benzene rings is 1. The largest absolute Gasteiger partial charge is 0.384 e. The first kappa shape index (κ1) is 20.3. The molecule has 1 aromatic heterocycles. The van der Waals surface area contributed by atoms with Gasteiger partial charge in [0.15, 0.2) is 0 Å². The second-order valence-electron chi connectivity index (χ2n) is 7.13. The van der Waals surface area contributed by atoms with Crippen LogP contribution in [0, 0.1) is 19.8 Å². The highest BCUT2D eigenvalue weighted by molar-refractivity contribution is 7.87. The van der Waals surface area contributed by atoms with Crippen molar-refractivity contribution in [2.45, 2.75) is 32.6 Å². The van der Waals surface area contributed by atoms with Crippen LogP contribution in [-0.2, 0) is 14.9 Å². The minimum atomic E-state index is -3.61. The molecule has 3 rings (SSSR count). The Morgan fingerprint density at radius 3 is 2.37 bits per heavy atom. The zero-order valence-corrected chi connectivity index (χ0v) is 17.5. The smallest absolute Gasteiger partial charge is 0.323 e. The molecule has 0 aliphatic carbocycles. The topological polar surface area (TPSA) is 64.4 Å². The van der Waals surface area contributed by atoms with Gasteiger partial charge >= 0.3 is 10.2 Å².